The van der Waals surface area contributed by atoms with E-state index in [1.807, 2.05) is 37.3 Å². The number of hydrogen-bond acceptors (Lipinski definition) is 3. The minimum atomic E-state index is -0.933. The van der Waals surface area contributed by atoms with Crippen molar-refractivity contribution in [2.45, 2.75) is 26.2 Å². The number of carboxylic acids is 1. The molecular weight excluding hydrogens is 256 g/mol. The second kappa shape index (κ2) is 6.14. The van der Waals surface area contributed by atoms with E-state index in [0.717, 1.165) is 17.0 Å². The molecule has 20 heavy (non-hydrogen) atoms. The lowest BCUT2D eigenvalue weighted by molar-refractivity contribution is -0.136. The van der Waals surface area contributed by atoms with Gasteiger partial charge in [0.1, 0.15) is 5.69 Å². The number of rotatable bonds is 5. The molecular formula is C15H16N2O3. The summed E-state index contributed by atoms with van der Waals surface area (Å²) in [5.74, 6) is -0.933. The Morgan fingerprint density at radius 1 is 1.30 bits per heavy atom. The number of benzene rings is 1. The number of nitrogens with zero attached hydrogens (tertiary/aromatic N) is 1. The summed E-state index contributed by atoms with van der Waals surface area (Å²) in [6.45, 7) is 1.82. The molecule has 0 saturated carbocycles. The molecule has 0 unspecified atom stereocenters. The smallest absolute Gasteiger partial charge is 0.303 e. The van der Waals surface area contributed by atoms with Crippen LogP contribution in [-0.4, -0.2) is 21.0 Å². The maximum absolute atomic E-state index is 11.9. The van der Waals surface area contributed by atoms with Crippen molar-refractivity contribution in [1.82, 2.24) is 9.97 Å². The summed E-state index contributed by atoms with van der Waals surface area (Å²) in [5, 5.41) is 8.64. The highest BCUT2D eigenvalue weighted by atomic mass is 16.4. The number of H-pyrrole nitrogens is 1. The van der Waals surface area contributed by atoms with Gasteiger partial charge in [0.05, 0.1) is 12.1 Å². The second-order valence-electron chi connectivity index (χ2n) is 4.63. The number of carbonyl (C=O) groups is 1. The standard InChI is InChI=1S/C15H16N2O3/c1-10-13(9-11-5-3-2-4-6-11)17-15(20)12(16-10)7-8-14(18)19/h2-6H,7-9H2,1H3,(H,17,20)(H,18,19). The predicted octanol–water partition coefficient (Wildman–Crippen LogP) is 1.69. The molecule has 0 bridgehead atoms. The van der Waals surface area contributed by atoms with Crippen LogP contribution in [-0.2, 0) is 17.6 Å². The molecule has 0 radical (unpaired) electrons. The van der Waals surface area contributed by atoms with E-state index in [2.05, 4.69) is 9.97 Å². The number of aliphatic carboxylic acids is 1. The van der Waals surface area contributed by atoms with E-state index in [9.17, 15) is 9.59 Å². The third kappa shape index (κ3) is 3.54. The SMILES string of the molecule is Cc1nc(CCC(=O)O)c(=O)[nH]c1Cc1ccccc1. The van der Waals surface area contributed by atoms with Crippen LogP contribution in [0.1, 0.15) is 29.1 Å². The van der Waals surface area contributed by atoms with Gasteiger partial charge in [-0.2, -0.15) is 0 Å². The number of aromatic nitrogens is 2. The normalized spacial score (nSPS) is 10.4. The average Bonchev–Trinajstić information content (AvgIpc) is 2.42. The number of carboxylic acid groups (broad SMARTS) is 1. The monoisotopic (exact) mass is 272 g/mol. The van der Waals surface area contributed by atoms with E-state index in [4.69, 9.17) is 5.11 Å². The number of aryl methyl sites for hydroxylation is 2. The predicted molar refractivity (Wildman–Crippen MR) is 74.8 cm³/mol. The van der Waals surface area contributed by atoms with Gasteiger partial charge in [0, 0.05) is 18.5 Å². The van der Waals surface area contributed by atoms with Gasteiger partial charge in [-0.25, -0.2) is 0 Å². The second-order valence-corrected chi connectivity index (χ2v) is 4.63. The van der Waals surface area contributed by atoms with Gasteiger partial charge in [-0.15, -0.1) is 0 Å². The molecule has 1 heterocycles. The first-order valence-corrected chi connectivity index (χ1v) is 6.40. The van der Waals surface area contributed by atoms with Crippen molar-refractivity contribution in [3.8, 4) is 0 Å². The first-order chi connectivity index (χ1) is 9.56. The molecule has 0 saturated heterocycles. The molecule has 104 valence electrons. The summed E-state index contributed by atoms with van der Waals surface area (Å²) in [4.78, 5) is 29.5. The largest absolute Gasteiger partial charge is 0.481 e. The highest BCUT2D eigenvalue weighted by molar-refractivity contribution is 5.66. The first kappa shape index (κ1) is 14.0. The molecule has 0 amide bonds. The molecule has 0 atom stereocenters. The highest BCUT2D eigenvalue weighted by Crippen LogP contribution is 2.09. The molecule has 0 spiro atoms. The summed E-state index contributed by atoms with van der Waals surface area (Å²) < 4.78 is 0. The van der Waals surface area contributed by atoms with Crippen molar-refractivity contribution in [2.75, 3.05) is 0 Å². The minimum absolute atomic E-state index is 0.0897. The number of nitrogens with one attached hydrogen (secondary N) is 1. The molecule has 5 nitrogen and oxygen atoms in total. The van der Waals surface area contributed by atoms with Crippen LogP contribution in [0.4, 0.5) is 0 Å². The van der Waals surface area contributed by atoms with Crippen LogP contribution in [0.5, 0.6) is 0 Å². The zero-order valence-electron chi connectivity index (χ0n) is 11.2. The van der Waals surface area contributed by atoms with Gasteiger partial charge in [0.25, 0.3) is 5.56 Å². The molecule has 1 aromatic carbocycles. The van der Waals surface area contributed by atoms with Crippen LogP contribution in [0, 0.1) is 6.92 Å². The van der Waals surface area contributed by atoms with E-state index in [1.165, 1.54) is 0 Å². The molecule has 1 aromatic heterocycles. The lowest BCUT2D eigenvalue weighted by Gasteiger charge is -2.07. The van der Waals surface area contributed by atoms with Crippen LogP contribution >= 0.6 is 0 Å². The Morgan fingerprint density at radius 2 is 2.00 bits per heavy atom. The molecule has 5 heteroatoms. The van der Waals surface area contributed by atoms with Crippen molar-refractivity contribution in [3.05, 3.63) is 63.3 Å². The van der Waals surface area contributed by atoms with Crippen LogP contribution in [0.3, 0.4) is 0 Å². The number of aromatic amines is 1. The van der Waals surface area contributed by atoms with Crippen molar-refractivity contribution in [1.29, 1.82) is 0 Å². The summed E-state index contributed by atoms with van der Waals surface area (Å²) in [5.41, 5.74) is 2.56. The van der Waals surface area contributed by atoms with Crippen LogP contribution in [0.2, 0.25) is 0 Å². The molecule has 2 aromatic rings. The fraction of sp³-hybridized carbons (Fsp3) is 0.267. The Bertz CT molecular complexity index is 663. The van der Waals surface area contributed by atoms with E-state index in [-0.39, 0.29) is 24.1 Å². The molecule has 2 rings (SSSR count). The fourth-order valence-electron chi connectivity index (χ4n) is 1.99. The maximum Gasteiger partial charge on any atom is 0.303 e. The van der Waals surface area contributed by atoms with Crippen molar-refractivity contribution in [2.24, 2.45) is 0 Å². The minimum Gasteiger partial charge on any atom is -0.481 e. The van der Waals surface area contributed by atoms with E-state index < -0.39 is 5.97 Å². The Hall–Kier alpha value is -2.43. The quantitative estimate of drug-likeness (QED) is 0.867. The zero-order valence-corrected chi connectivity index (χ0v) is 11.2. The van der Waals surface area contributed by atoms with Gasteiger partial charge in [-0.1, -0.05) is 30.3 Å². The Balaban J connectivity index is 2.22. The Morgan fingerprint density at radius 3 is 2.65 bits per heavy atom. The van der Waals surface area contributed by atoms with Crippen LogP contribution in [0.25, 0.3) is 0 Å². The van der Waals surface area contributed by atoms with Gasteiger partial charge in [-0.05, 0) is 12.5 Å². The van der Waals surface area contributed by atoms with Crippen molar-refractivity contribution < 1.29 is 9.90 Å². The summed E-state index contributed by atoms with van der Waals surface area (Å²) in [7, 11) is 0. The van der Waals surface area contributed by atoms with Crippen LogP contribution in [0.15, 0.2) is 35.1 Å². The van der Waals surface area contributed by atoms with Gasteiger partial charge >= 0.3 is 5.97 Å². The molecule has 0 aliphatic carbocycles. The summed E-state index contributed by atoms with van der Waals surface area (Å²) in [6.07, 6.45) is 0.665. The molecule has 2 N–H and O–H groups in total. The lowest BCUT2D eigenvalue weighted by atomic mass is 10.1. The first-order valence-electron chi connectivity index (χ1n) is 6.40. The summed E-state index contributed by atoms with van der Waals surface area (Å²) >= 11 is 0. The fourth-order valence-corrected chi connectivity index (χ4v) is 1.99. The lowest BCUT2D eigenvalue weighted by Crippen LogP contribution is -2.20. The number of hydrogen-bond donors (Lipinski definition) is 2. The van der Waals surface area contributed by atoms with Crippen LogP contribution < -0.4 is 5.56 Å². The van der Waals surface area contributed by atoms with Crippen molar-refractivity contribution in [3.63, 3.8) is 0 Å². The average molecular weight is 272 g/mol. The maximum atomic E-state index is 11.9. The van der Waals surface area contributed by atoms with Gasteiger partial charge in [0.15, 0.2) is 0 Å². The van der Waals surface area contributed by atoms with E-state index in [0.29, 0.717) is 6.42 Å². The molecule has 0 fully saturated rings. The van der Waals surface area contributed by atoms with Gasteiger partial charge < -0.3 is 10.1 Å². The highest BCUT2D eigenvalue weighted by Gasteiger charge is 2.09. The van der Waals surface area contributed by atoms with Gasteiger partial charge in [0.2, 0.25) is 0 Å². The summed E-state index contributed by atoms with van der Waals surface area (Å²) in [6, 6.07) is 9.79. The van der Waals surface area contributed by atoms with E-state index in [1.54, 1.807) is 0 Å². The zero-order chi connectivity index (χ0) is 14.5. The topological polar surface area (TPSA) is 83.0 Å². The third-order valence-electron chi connectivity index (χ3n) is 3.07. The Labute approximate surface area is 116 Å². The van der Waals surface area contributed by atoms with E-state index >= 15 is 0 Å². The Kier molecular flexibility index (Phi) is 4.30. The molecule has 0 aliphatic heterocycles. The molecule has 0 aliphatic rings. The third-order valence-corrected chi connectivity index (χ3v) is 3.07. The van der Waals surface area contributed by atoms with Crippen molar-refractivity contribution >= 4 is 5.97 Å². The van der Waals surface area contributed by atoms with Gasteiger partial charge in [-0.3, -0.25) is 14.6 Å².